The van der Waals surface area contributed by atoms with E-state index in [0.29, 0.717) is 12.5 Å². The van der Waals surface area contributed by atoms with Crippen LogP contribution < -0.4 is 11.1 Å². The number of likely N-dealkylation sites (tertiary alicyclic amines) is 1. The van der Waals surface area contributed by atoms with Crippen molar-refractivity contribution in [2.45, 2.75) is 45.2 Å². The first-order valence-corrected chi connectivity index (χ1v) is 5.89. The van der Waals surface area contributed by atoms with Crippen LogP contribution >= 0.6 is 0 Å². The highest BCUT2D eigenvalue weighted by atomic mass is 16.1. The van der Waals surface area contributed by atoms with E-state index < -0.39 is 0 Å². The van der Waals surface area contributed by atoms with E-state index in [1.54, 1.807) is 0 Å². The van der Waals surface area contributed by atoms with Crippen LogP contribution in [0.25, 0.3) is 0 Å². The van der Waals surface area contributed by atoms with Crippen LogP contribution in [-0.4, -0.2) is 42.5 Å². The molecule has 4 nitrogen and oxygen atoms in total. The molecule has 1 saturated heterocycles. The second-order valence-electron chi connectivity index (χ2n) is 4.48. The molecule has 88 valence electrons. The minimum absolute atomic E-state index is 0.0455. The smallest absolute Gasteiger partial charge is 0.221 e. The summed E-state index contributed by atoms with van der Waals surface area (Å²) in [6.45, 7) is 7.24. The normalized spacial score (nSPS) is 24.9. The van der Waals surface area contributed by atoms with Crippen molar-refractivity contribution in [3.05, 3.63) is 0 Å². The molecular weight excluding hydrogens is 190 g/mol. The molecule has 1 amide bonds. The van der Waals surface area contributed by atoms with Gasteiger partial charge in [0.2, 0.25) is 5.91 Å². The first-order chi connectivity index (χ1) is 7.11. The van der Waals surface area contributed by atoms with Crippen LogP contribution in [0.3, 0.4) is 0 Å². The average molecular weight is 213 g/mol. The Hall–Kier alpha value is -0.610. The number of likely N-dealkylation sites (N-methyl/N-ethyl adjacent to an activating group) is 1. The summed E-state index contributed by atoms with van der Waals surface area (Å²) < 4.78 is 0. The van der Waals surface area contributed by atoms with Gasteiger partial charge in [0.05, 0.1) is 0 Å². The molecule has 0 bridgehead atoms. The van der Waals surface area contributed by atoms with Crippen LogP contribution in [0, 0.1) is 0 Å². The molecule has 1 rings (SSSR count). The summed E-state index contributed by atoms with van der Waals surface area (Å²) in [5.74, 6) is 0.0907. The van der Waals surface area contributed by atoms with E-state index in [4.69, 9.17) is 5.73 Å². The molecule has 0 aromatic heterocycles. The fourth-order valence-electron chi connectivity index (χ4n) is 2.04. The molecule has 3 N–H and O–H groups in total. The Kier molecular flexibility index (Phi) is 5.05. The van der Waals surface area contributed by atoms with Gasteiger partial charge in [0.1, 0.15) is 0 Å². The zero-order chi connectivity index (χ0) is 11.3. The molecule has 2 atom stereocenters. The van der Waals surface area contributed by atoms with Crippen LogP contribution in [0.1, 0.15) is 33.1 Å². The SMILES string of the molecule is CCN1CCCC(NC(=O)CC(C)N)C1. The van der Waals surface area contributed by atoms with Gasteiger partial charge in [0, 0.05) is 25.0 Å². The Balaban J connectivity index is 2.28. The number of nitrogens with two attached hydrogens (primary N) is 1. The van der Waals surface area contributed by atoms with E-state index in [0.717, 1.165) is 26.1 Å². The zero-order valence-corrected chi connectivity index (χ0v) is 9.83. The van der Waals surface area contributed by atoms with Crippen LogP contribution in [0.5, 0.6) is 0 Å². The van der Waals surface area contributed by atoms with Crippen molar-refractivity contribution in [1.29, 1.82) is 0 Å². The van der Waals surface area contributed by atoms with E-state index in [1.165, 1.54) is 6.42 Å². The van der Waals surface area contributed by atoms with Gasteiger partial charge in [0.15, 0.2) is 0 Å². The quantitative estimate of drug-likeness (QED) is 0.707. The lowest BCUT2D eigenvalue weighted by Crippen LogP contribution is -2.48. The lowest BCUT2D eigenvalue weighted by atomic mass is 10.1. The number of amides is 1. The van der Waals surface area contributed by atoms with Crippen molar-refractivity contribution < 1.29 is 4.79 Å². The van der Waals surface area contributed by atoms with Gasteiger partial charge in [-0.3, -0.25) is 4.79 Å². The fourth-order valence-corrected chi connectivity index (χ4v) is 2.04. The molecule has 0 aromatic rings. The average Bonchev–Trinajstić information content (AvgIpc) is 2.16. The van der Waals surface area contributed by atoms with Gasteiger partial charge in [-0.1, -0.05) is 6.92 Å². The Bertz CT molecular complexity index is 206. The fraction of sp³-hybridized carbons (Fsp3) is 0.909. The maximum atomic E-state index is 11.5. The molecule has 0 spiro atoms. The number of rotatable bonds is 4. The largest absolute Gasteiger partial charge is 0.352 e. The van der Waals surface area contributed by atoms with E-state index >= 15 is 0 Å². The van der Waals surface area contributed by atoms with Crippen LogP contribution in [0.4, 0.5) is 0 Å². The summed E-state index contributed by atoms with van der Waals surface area (Å²) in [5.41, 5.74) is 5.58. The monoisotopic (exact) mass is 213 g/mol. The summed E-state index contributed by atoms with van der Waals surface area (Å²) in [5, 5.41) is 3.05. The topological polar surface area (TPSA) is 58.4 Å². The second kappa shape index (κ2) is 6.08. The number of carbonyl (C=O) groups is 1. The molecule has 2 unspecified atom stereocenters. The summed E-state index contributed by atoms with van der Waals surface area (Å²) >= 11 is 0. The standard InChI is InChI=1S/C11H23N3O/c1-3-14-6-4-5-10(8-14)13-11(15)7-9(2)12/h9-10H,3-8,12H2,1-2H3,(H,13,15). The molecule has 0 aromatic carbocycles. The maximum Gasteiger partial charge on any atom is 0.221 e. The Morgan fingerprint density at radius 2 is 2.40 bits per heavy atom. The predicted molar refractivity (Wildman–Crippen MR) is 61.5 cm³/mol. The van der Waals surface area contributed by atoms with E-state index in [1.807, 2.05) is 6.92 Å². The molecule has 1 fully saturated rings. The Labute approximate surface area is 92.2 Å². The summed E-state index contributed by atoms with van der Waals surface area (Å²) in [6, 6.07) is 0.279. The number of carbonyl (C=O) groups excluding carboxylic acids is 1. The number of hydrogen-bond acceptors (Lipinski definition) is 3. The molecule has 15 heavy (non-hydrogen) atoms. The highest BCUT2D eigenvalue weighted by Crippen LogP contribution is 2.09. The minimum atomic E-state index is -0.0455. The molecule has 4 heteroatoms. The molecule has 0 radical (unpaired) electrons. The Morgan fingerprint density at radius 1 is 1.67 bits per heavy atom. The molecule has 0 aliphatic carbocycles. The minimum Gasteiger partial charge on any atom is -0.352 e. The summed E-state index contributed by atoms with van der Waals surface area (Å²) in [4.78, 5) is 13.9. The van der Waals surface area contributed by atoms with Crippen molar-refractivity contribution in [3.8, 4) is 0 Å². The van der Waals surface area contributed by atoms with Crippen molar-refractivity contribution in [1.82, 2.24) is 10.2 Å². The van der Waals surface area contributed by atoms with Gasteiger partial charge >= 0.3 is 0 Å². The molecular formula is C11H23N3O. The lowest BCUT2D eigenvalue weighted by Gasteiger charge is -2.32. The third kappa shape index (κ3) is 4.62. The third-order valence-corrected chi connectivity index (χ3v) is 2.83. The highest BCUT2D eigenvalue weighted by Gasteiger charge is 2.20. The van der Waals surface area contributed by atoms with Crippen LogP contribution in [0.2, 0.25) is 0 Å². The molecule has 1 aliphatic heterocycles. The number of nitrogens with one attached hydrogen (secondary N) is 1. The van der Waals surface area contributed by atoms with Crippen molar-refractivity contribution in [3.63, 3.8) is 0 Å². The van der Waals surface area contributed by atoms with Gasteiger partial charge in [-0.25, -0.2) is 0 Å². The van der Waals surface area contributed by atoms with Crippen molar-refractivity contribution in [2.75, 3.05) is 19.6 Å². The predicted octanol–water partition coefficient (Wildman–Crippen LogP) is 0.324. The van der Waals surface area contributed by atoms with Gasteiger partial charge in [-0.15, -0.1) is 0 Å². The van der Waals surface area contributed by atoms with Crippen molar-refractivity contribution >= 4 is 5.91 Å². The summed E-state index contributed by atoms with van der Waals surface area (Å²) in [7, 11) is 0. The number of nitrogens with zero attached hydrogens (tertiary/aromatic N) is 1. The highest BCUT2D eigenvalue weighted by molar-refractivity contribution is 5.76. The zero-order valence-electron chi connectivity index (χ0n) is 9.83. The number of piperidine rings is 1. The van der Waals surface area contributed by atoms with E-state index in [-0.39, 0.29) is 11.9 Å². The van der Waals surface area contributed by atoms with E-state index in [9.17, 15) is 4.79 Å². The molecule has 1 heterocycles. The van der Waals surface area contributed by atoms with Gasteiger partial charge in [0.25, 0.3) is 0 Å². The van der Waals surface area contributed by atoms with Gasteiger partial charge < -0.3 is 16.0 Å². The third-order valence-electron chi connectivity index (χ3n) is 2.83. The molecule has 0 saturated carbocycles. The summed E-state index contributed by atoms with van der Waals surface area (Å²) in [6.07, 6.45) is 2.71. The van der Waals surface area contributed by atoms with Crippen molar-refractivity contribution in [2.24, 2.45) is 5.73 Å². The van der Waals surface area contributed by atoms with Crippen LogP contribution in [-0.2, 0) is 4.79 Å². The lowest BCUT2D eigenvalue weighted by molar-refractivity contribution is -0.122. The maximum absolute atomic E-state index is 11.5. The first-order valence-electron chi connectivity index (χ1n) is 5.89. The second-order valence-corrected chi connectivity index (χ2v) is 4.48. The number of hydrogen-bond donors (Lipinski definition) is 2. The molecule has 1 aliphatic rings. The van der Waals surface area contributed by atoms with E-state index in [2.05, 4.69) is 17.1 Å². The first kappa shape index (κ1) is 12.5. The van der Waals surface area contributed by atoms with Gasteiger partial charge in [-0.05, 0) is 32.9 Å². The Morgan fingerprint density at radius 3 is 3.00 bits per heavy atom. The van der Waals surface area contributed by atoms with Gasteiger partial charge in [-0.2, -0.15) is 0 Å². The van der Waals surface area contributed by atoms with Crippen LogP contribution in [0.15, 0.2) is 0 Å².